The maximum atomic E-state index is 12.1. The molecular formula is C41H44N2O2S2. The second-order valence-electron chi connectivity index (χ2n) is 12.8. The molecule has 47 heavy (non-hydrogen) atoms. The third-order valence-corrected chi connectivity index (χ3v) is 12.0. The van der Waals surface area contributed by atoms with Crippen LogP contribution in [0.2, 0.25) is 0 Å². The molecule has 0 aliphatic heterocycles. The molecule has 1 aliphatic rings. The molecule has 0 saturated heterocycles. The Kier molecular flexibility index (Phi) is 12.0. The van der Waals surface area contributed by atoms with Gasteiger partial charge >= 0.3 is 0 Å². The van der Waals surface area contributed by atoms with Crippen LogP contribution in [0, 0.1) is 22.7 Å². The number of hydrogen-bond acceptors (Lipinski definition) is 6. The number of Topliss-reactive ketones (excluding diaryl/α,β-unsaturated/α-hetero) is 2. The van der Waals surface area contributed by atoms with Crippen molar-refractivity contribution in [1.82, 2.24) is 0 Å². The summed E-state index contributed by atoms with van der Waals surface area (Å²) in [4.78, 5) is 27.2. The SMILES string of the molecule is CCCCCCCCC1(CCCCCCCC)c2cc(-c3ccc(C(=O)C#N)s3)ccc2-c2ccc(-c3ccc(C(=O)C#N)s3)cc21. The highest BCUT2D eigenvalue weighted by atomic mass is 32.1. The van der Waals surface area contributed by atoms with E-state index in [1.54, 1.807) is 24.3 Å². The summed E-state index contributed by atoms with van der Waals surface area (Å²) in [6.45, 7) is 4.52. The van der Waals surface area contributed by atoms with Crippen LogP contribution in [0.4, 0.5) is 0 Å². The Morgan fingerprint density at radius 1 is 0.574 bits per heavy atom. The normalized spacial score (nSPS) is 12.7. The first-order valence-corrected chi connectivity index (χ1v) is 19.0. The van der Waals surface area contributed by atoms with Crippen molar-refractivity contribution in [3.63, 3.8) is 0 Å². The molecule has 0 unspecified atom stereocenters. The highest BCUT2D eigenvalue weighted by Crippen LogP contribution is 2.56. The number of carbonyl (C=O) groups excluding carboxylic acids is 2. The lowest BCUT2D eigenvalue weighted by atomic mass is 9.70. The fourth-order valence-electron chi connectivity index (χ4n) is 7.22. The fraction of sp³-hybridized carbons (Fsp3) is 0.415. The second-order valence-corrected chi connectivity index (χ2v) is 15.0. The predicted octanol–water partition coefficient (Wildman–Crippen LogP) is 12.3. The molecule has 0 spiro atoms. The molecule has 6 heteroatoms. The Morgan fingerprint density at radius 2 is 0.979 bits per heavy atom. The van der Waals surface area contributed by atoms with Crippen molar-refractivity contribution in [2.24, 2.45) is 0 Å². The Bertz CT molecular complexity index is 1670. The van der Waals surface area contributed by atoms with Gasteiger partial charge in [-0.15, -0.1) is 22.7 Å². The summed E-state index contributed by atoms with van der Waals surface area (Å²) in [5.41, 5.74) is 7.35. The Balaban J connectivity index is 1.58. The first-order chi connectivity index (χ1) is 22.9. The molecule has 0 N–H and O–H groups in total. The van der Waals surface area contributed by atoms with Crippen molar-refractivity contribution in [3.05, 3.63) is 81.5 Å². The molecule has 0 radical (unpaired) electrons. The van der Waals surface area contributed by atoms with Gasteiger partial charge in [-0.3, -0.25) is 9.59 Å². The second kappa shape index (κ2) is 16.3. The minimum absolute atomic E-state index is 0.142. The van der Waals surface area contributed by atoms with Gasteiger partial charge in [0.2, 0.25) is 0 Å². The maximum absolute atomic E-state index is 12.1. The lowest BCUT2D eigenvalue weighted by Crippen LogP contribution is -2.25. The molecule has 4 aromatic rings. The number of unbranched alkanes of at least 4 members (excludes halogenated alkanes) is 10. The number of nitrogens with zero attached hydrogens (tertiary/aromatic N) is 2. The number of benzene rings is 2. The minimum Gasteiger partial charge on any atom is -0.276 e. The monoisotopic (exact) mass is 660 g/mol. The molecule has 2 heterocycles. The zero-order valence-corrected chi connectivity index (χ0v) is 29.3. The zero-order valence-electron chi connectivity index (χ0n) is 27.7. The highest BCUT2D eigenvalue weighted by Gasteiger charge is 2.42. The predicted molar refractivity (Wildman–Crippen MR) is 195 cm³/mol. The summed E-state index contributed by atoms with van der Waals surface area (Å²) in [6.07, 6.45) is 17.1. The Hall–Kier alpha value is -3.84. The Morgan fingerprint density at radius 3 is 1.38 bits per heavy atom. The van der Waals surface area contributed by atoms with Crippen LogP contribution in [0.3, 0.4) is 0 Å². The van der Waals surface area contributed by atoms with Crippen molar-refractivity contribution >= 4 is 34.2 Å². The number of ketones is 2. The van der Waals surface area contributed by atoms with Crippen LogP contribution in [0.1, 0.15) is 134 Å². The summed E-state index contributed by atoms with van der Waals surface area (Å²) in [6, 6.07) is 24.6. The molecule has 2 aromatic heterocycles. The summed E-state index contributed by atoms with van der Waals surface area (Å²) in [5, 5.41) is 18.4. The molecule has 4 nitrogen and oxygen atoms in total. The van der Waals surface area contributed by atoms with Crippen molar-refractivity contribution in [2.75, 3.05) is 0 Å². The van der Waals surface area contributed by atoms with E-state index in [-0.39, 0.29) is 5.41 Å². The number of thiophene rings is 2. The summed E-state index contributed by atoms with van der Waals surface area (Å²) >= 11 is 2.78. The van der Waals surface area contributed by atoms with E-state index in [4.69, 9.17) is 0 Å². The van der Waals surface area contributed by atoms with Crippen molar-refractivity contribution < 1.29 is 9.59 Å². The van der Waals surface area contributed by atoms with E-state index in [1.165, 1.54) is 109 Å². The van der Waals surface area contributed by atoms with Gasteiger partial charge in [-0.1, -0.05) is 115 Å². The number of rotatable bonds is 18. The van der Waals surface area contributed by atoms with Crippen molar-refractivity contribution in [3.8, 4) is 44.1 Å². The van der Waals surface area contributed by atoms with Crippen LogP contribution in [0.25, 0.3) is 32.0 Å². The molecule has 0 saturated carbocycles. The fourth-order valence-corrected chi connectivity index (χ4v) is 9.00. The van der Waals surface area contributed by atoms with Gasteiger partial charge in [0.15, 0.2) is 0 Å². The molecule has 242 valence electrons. The Labute approximate surface area is 288 Å². The lowest BCUT2D eigenvalue weighted by molar-refractivity contribution is 0.105. The summed E-state index contributed by atoms with van der Waals surface area (Å²) in [5.74, 6) is -0.980. The third-order valence-electron chi connectivity index (χ3n) is 9.71. The van der Waals surface area contributed by atoms with Gasteiger partial charge in [-0.2, -0.15) is 10.5 Å². The smallest absolute Gasteiger partial charge is 0.272 e. The van der Waals surface area contributed by atoms with Crippen LogP contribution in [0.5, 0.6) is 0 Å². The van der Waals surface area contributed by atoms with E-state index in [0.29, 0.717) is 9.75 Å². The topological polar surface area (TPSA) is 81.7 Å². The summed E-state index contributed by atoms with van der Waals surface area (Å²) in [7, 11) is 0. The molecule has 0 bridgehead atoms. The third kappa shape index (κ3) is 7.67. The molecule has 5 rings (SSSR count). The molecule has 1 aliphatic carbocycles. The van der Waals surface area contributed by atoms with Crippen molar-refractivity contribution in [1.29, 1.82) is 10.5 Å². The average Bonchev–Trinajstić information content (AvgIpc) is 3.85. The van der Waals surface area contributed by atoms with Crippen LogP contribution in [-0.4, -0.2) is 11.6 Å². The van der Waals surface area contributed by atoms with Crippen LogP contribution >= 0.6 is 22.7 Å². The van der Waals surface area contributed by atoms with E-state index >= 15 is 0 Å². The quantitative estimate of drug-likeness (QED) is 0.0604. The largest absolute Gasteiger partial charge is 0.276 e. The number of fused-ring (bicyclic) bond motifs is 3. The average molecular weight is 661 g/mol. The summed E-state index contributed by atoms with van der Waals surface area (Å²) < 4.78 is 0. The van der Waals surface area contributed by atoms with Gasteiger partial charge in [-0.05, 0) is 82.6 Å². The van der Waals surface area contributed by atoms with Gasteiger partial charge in [0.05, 0.1) is 9.75 Å². The van der Waals surface area contributed by atoms with Gasteiger partial charge in [0, 0.05) is 15.2 Å². The van der Waals surface area contributed by atoms with Crippen LogP contribution in [-0.2, 0) is 5.41 Å². The molecule has 0 amide bonds. The first kappa shape index (κ1) is 34.5. The molecule has 0 atom stereocenters. The zero-order chi connectivity index (χ0) is 33.2. The highest BCUT2D eigenvalue weighted by molar-refractivity contribution is 7.18. The maximum Gasteiger partial charge on any atom is 0.272 e. The van der Waals surface area contributed by atoms with Crippen LogP contribution in [0.15, 0.2) is 60.7 Å². The number of carbonyl (C=O) groups is 2. The minimum atomic E-state index is -0.490. The van der Waals surface area contributed by atoms with E-state index in [0.717, 1.165) is 46.6 Å². The van der Waals surface area contributed by atoms with E-state index < -0.39 is 11.6 Å². The van der Waals surface area contributed by atoms with Gasteiger partial charge in [0.25, 0.3) is 11.6 Å². The standard InChI is InChI=1S/C41H44N2O2S2/c1-3-5-7-9-11-13-23-41(24-14-12-10-8-6-4-2)33-25-29(37-19-21-39(46-37)35(44)27-42)15-17-31(33)32-18-16-30(26-34(32)41)38-20-22-40(47-38)36(45)28-43/h15-22,25-26H,3-14,23-24H2,1-2H3. The van der Waals surface area contributed by atoms with Gasteiger partial charge in [-0.25, -0.2) is 0 Å². The number of nitriles is 2. The van der Waals surface area contributed by atoms with E-state index in [2.05, 4.69) is 50.2 Å². The van der Waals surface area contributed by atoms with Gasteiger partial charge in [0.1, 0.15) is 12.1 Å². The first-order valence-electron chi connectivity index (χ1n) is 17.3. The van der Waals surface area contributed by atoms with E-state index in [1.807, 2.05) is 12.1 Å². The van der Waals surface area contributed by atoms with Crippen LogP contribution < -0.4 is 0 Å². The molecule has 2 aromatic carbocycles. The lowest BCUT2D eigenvalue weighted by Gasteiger charge is -2.33. The molecular weight excluding hydrogens is 617 g/mol. The molecule has 0 fully saturated rings. The van der Waals surface area contributed by atoms with Gasteiger partial charge < -0.3 is 0 Å². The van der Waals surface area contributed by atoms with E-state index in [9.17, 15) is 20.1 Å². The number of hydrogen-bond donors (Lipinski definition) is 0. The van der Waals surface area contributed by atoms with Crippen molar-refractivity contribution in [2.45, 2.75) is 109 Å².